The molecule has 1 aliphatic rings. The van der Waals surface area contributed by atoms with Crippen LogP contribution in [0.15, 0.2) is 18.2 Å². The molecule has 212 valence electrons. The molecule has 0 radical (unpaired) electrons. The van der Waals surface area contributed by atoms with Crippen LogP contribution in [-0.2, 0) is 53.7 Å². The molecule has 1 fully saturated rings. The zero-order valence-electron chi connectivity index (χ0n) is 23.9. The Balaban J connectivity index is 2.62. The molecule has 2 rings (SSSR count). The summed E-state index contributed by atoms with van der Waals surface area (Å²) in [5, 5.41) is 0. The van der Waals surface area contributed by atoms with Gasteiger partial charge in [-0.2, -0.15) is 0 Å². The van der Waals surface area contributed by atoms with Gasteiger partial charge in [0.2, 0.25) is 12.4 Å². The summed E-state index contributed by atoms with van der Waals surface area (Å²) in [5.74, 6) is -2.22. The maximum Gasteiger partial charge on any atom is 0.303 e. The van der Waals surface area contributed by atoms with E-state index in [9.17, 15) is 19.2 Å². The Morgan fingerprint density at radius 3 is 1.74 bits per heavy atom. The summed E-state index contributed by atoms with van der Waals surface area (Å²) in [5.41, 5.74) is 1.51. The molecule has 1 aliphatic heterocycles. The normalized spacial score (nSPS) is 23.7. The number of benzene rings is 1. The Bertz CT molecular complexity index is 1030. The zero-order valence-corrected chi connectivity index (χ0v) is 23.9. The Morgan fingerprint density at radius 1 is 0.737 bits per heavy atom. The number of hydrogen-bond donors (Lipinski definition) is 0. The van der Waals surface area contributed by atoms with Gasteiger partial charge < -0.3 is 28.4 Å². The second-order valence-electron chi connectivity index (χ2n) is 11.4. The summed E-state index contributed by atoms with van der Waals surface area (Å²) in [7, 11) is 0. The molecule has 1 aromatic carbocycles. The monoisotopic (exact) mass is 536 g/mol. The number of carbonyl (C=O) groups is 4. The molecule has 0 bridgehead atoms. The molecule has 5 atom stereocenters. The average Bonchev–Trinajstić information content (AvgIpc) is 2.74. The van der Waals surface area contributed by atoms with Gasteiger partial charge in [0.1, 0.15) is 18.5 Å². The Kier molecular flexibility index (Phi) is 9.94. The fraction of sp³-hybridized carbons (Fsp3) is 0.643. The first-order chi connectivity index (χ1) is 17.4. The van der Waals surface area contributed by atoms with Gasteiger partial charge >= 0.3 is 23.9 Å². The second-order valence-corrected chi connectivity index (χ2v) is 11.4. The molecule has 1 heterocycles. The predicted molar refractivity (Wildman–Crippen MR) is 136 cm³/mol. The largest absolute Gasteiger partial charge is 0.463 e. The average molecular weight is 537 g/mol. The molecule has 10 nitrogen and oxygen atoms in total. The van der Waals surface area contributed by atoms with Gasteiger partial charge in [0.15, 0.2) is 12.2 Å². The van der Waals surface area contributed by atoms with E-state index in [2.05, 4.69) is 26.8 Å². The van der Waals surface area contributed by atoms with Crippen LogP contribution < -0.4 is 4.74 Å². The van der Waals surface area contributed by atoms with Crippen LogP contribution in [0.5, 0.6) is 5.75 Å². The van der Waals surface area contributed by atoms with Crippen molar-refractivity contribution in [3.8, 4) is 5.75 Å². The minimum Gasteiger partial charge on any atom is -0.463 e. The Morgan fingerprint density at radius 2 is 1.26 bits per heavy atom. The van der Waals surface area contributed by atoms with Crippen molar-refractivity contribution in [2.24, 2.45) is 0 Å². The fourth-order valence-corrected chi connectivity index (χ4v) is 4.09. The molecule has 0 saturated carbocycles. The van der Waals surface area contributed by atoms with Crippen molar-refractivity contribution < 1.29 is 47.6 Å². The van der Waals surface area contributed by atoms with E-state index in [1.165, 1.54) is 27.7 Å². The van der Waals surface area contributed by atoms with Gasteiger partial charge in [-0.3, -0.25) is 19.2 Å². The SMILES string of the molecule is CC(=O)OC[C@H]1O[C@@H](Oc2ccc(C(C)(C)C)cc2C(C)(C)C)[C@H](OC(C)=O)[C@@H](OC(C)=O)[C@@H]1OC(C)=O. The van der Waals surface area contributed by atoms with Crippen LogP contribution in [0.25, 0.3) is 0 Å². The zero-order chi connectivity index (χ0) is 29.0. The summed E-state index contributed by atoms with van der Waals surface area (Å²) in [4.78, 5) is 47.6. The van der Waals surface area contributed by atoms with Crippen molar-refractivity contribution in [3.05, 3.63) is 29.3 Å². The van der Waals surface area contributed by atoms with E-state index < -0.39 is 54.6 Å². The molecule has 0 spiro atoms. The quantitative estimate of drug-likeness (QED) is 0.376. The van der Waals surface area contributed by atoms with Crippen molar-refractivity contribution in [1.82, 2.24) is 0 Å². The minimum absolute atomic E-state index is 0.118. The van der Waals surface area contributed by atoms with Crippen molar-refractivity contribution in [2.75, 3.05) is 6.61 Å². The maximum atomic E-state index is 12.1. The van der Waals surface area contributed by atoms with E-state index in [4.69, 9.17) is 28.4 Å². The first kappa shape index (κ1) is 31.1. The summed E-state index contributed by atoms with van der Waals surface area (Å²) < 4.78 is 34.0. The molecular formula is C28H40O10. The number of ether oxygens (including phenoxy) is 6. The molecule has 10 heteroatoms. The minimum atomic E-state index is -1.30. The van der Waals surface area contributed by atoms with E-state index in [-0.39, 0.29) is 17.4 Å². The molecule has 0 aromatic heterocycles. The Hall–Kier alpha value is -3.14. The van der Waals surface area contributed by atoms with Crippen molar-refractivity contribution in [1.29, 1.82) is 0 Å². The van der Waals surface area contributed by atoms with Gasteiger partial charge in [-0.05, 0) is 28.0 Å². The number of carbonyl (C=O) groups excluding carboxylic acids is 4. The second kappa shape index (κ2) is 12.1. The van der Waals surface area contributed by atoms with Gasteiger partial charge in [0, 0.05) is 27.7 Å². The topological polar surface area (TPSA) is 124 Å². The van der Waals surface area contributed by atoms with Gasteiger partial charge in [-0.1, -0.05) is 53.7 Å². The molecule has 38 heavy (non-hydrogen) atoms. The van der Waals surface area contributed by atoms with E-state index in [0.29, 0.717) is 5.75 Å². The van der Waals surface area contributed by atoms with Crippen molar-refractivity contribution >= 4 is 23.9 Å². The molecule has 0 aliphatic carbocycles. The Labute approximate surface area is 224 Å². The fourth-order valence-electron chi connectivity index (χ4n) is 4.09. The highest BCUT2D eigenvalue weighted by Gasteiger charge is 2.53. The van der Waals surface area contributed by atoms with Gasteiger partial charge in [0.05, 0.1) is 0 Å². The third-order valence-electron chi connectivity index (χ3n) is 5.84. The van der Waals surface area contributed by atoms with Crippen molar-refractivity contribution in [2.45, 2.75) is 111 Å². The molecule has 1 aromatic rings. The summed E-state index contributed by atoms with van der Waals surface area (Å²) in [6, 6.07) is 5.81. The van der Waals surface area contributed by atoms with E-state index >= 15 is 0 Å². The third-order valence-corrected chi connectivity index (χ3v) is 5.84. The van der Waals surface area contributed by atoms with Crippen molar-refractivity contribution in [3.63, 3.8) is 0 Å². The number of esters is 4. The first-order valence-electron chi connectivity index (χ1n) is 12.5. The number of rotatable bonds is 7. The summed E-state index contributed by atoms with van der Waals surface area (Å²) in [6.45, 7) is 16.8. The van der Waals surface area contributed by atoms with Crippen LogP contribution in [0.4, 0.5) is 0 Å². The van der Waals surface area contributed by atoms with Crippen LogP contribution in [0.2, 0.25) is 0 Å². The summed E-state index contributed by atoms with van der Waals surface area (Å²) in [6.07, 6.45) is -6.23. The number of hydrogen-bond acceptors (Lipinski definition) is 10. The molecule has 0 amide bonds. The summed E-state index contributed by atoms with van der Waals surface area (Å²) >= 11 is 0. The maximum absolute atomic E-state index is 12.1. The van der Waals surface area contributed by atoms with Crippen LogP contribution in [-0.4, -0.2) is 61.2 Å². The van der Waals surface area contributed by atoms with Gasteiger partial charge in [-0.25, -0.2) is 0 Å². The predicted octanol–water partition coefficient (Wildman–Crippen LogP) is 3.74. The van der Waals surface area contributed by atoms with E-state index in [1.807, 2.05) is 32.9 Å². The smallest absolute Gasteiger partial charge is 0.303 e. The van der Waals surface area contributed by atoms with Gasteiger partial charge in [-0.15, -0.1) is 0 Å². The molecular weight excluding hydrogens is 496 g/mol. The standard InChI is InChI=1S/C28H40O10/c1-15(29)33-14-22-23(34-16(2)30)24(35-17(3)31)25(36-18(4)32)26(38-22)37-21-12-11-19(27(5,6)7)13-20(21)28(8,9)10/h11-13,22-26H,14H2,1-10H3/t22-,23-,24+,25-,26-/m1/s1. The highest BCUT2D eigenvalue weighted by Crippen LogP contribution is 2.38. The van der Waals surface area contributed by atoms with Crippen LogP contribution >= 0.6 is 0 Å². The highest BCUT2D eigenvalue weighted by atomic mass is 16.7. The lowest BCUT2D eigenvalue weighted by Gasteiger charge is -2.44. The highest BCUT2D eigenvalue weighted by molar-refractivity contribution is 5.68. The lowest BCUT2D eigenvalue weighted by Crippen LogP contribution is -2.63. The van der Waals surface area contributed by atoms with Crippen LogP contribution in [0, 0.1) is 0 Å². The van der Waals surface area contributed by atoms with E-state index in [0.717, 1.165) is 11.1 Å². The van der Waals surface area contributed by atoms with Crippen LogP contribution in [0.1, 0.15) is 80.4 Å². The van der Waals surface area contributed by atoms with Gasteiger partial charge in [0.25, 0.3) is 0 Å². The third kappa shape index (κ3) is 8.44. The lowest BCUT2D eigenvalue weighted by molar-refractivity contribution is -0.288. The molecule has 0 N–H and O–H groups in total. The van der Waals surface area contributed by atoms with Crippen LogP contribution in [0.3, 0.4) is 0 Å². The first-order valence-corrected chi connectivity index (χ1v) is 12.5. The molecule has 1 saturated heterocycles. The van der Waals surface area contributed by atoms with E-state index in [1.54, 1.807) is 0 Å². The molecule has 0 unspecified atom stereocenters. The lowest BCUT2D eigenvalue weighted by atomic mass is 9.80.